The molecule has 2 heterocycles. The average molecular weight is 360 g/mol. The summed E-state index contributed by atoms with van der Waals surface area (Å²) in [7, 11) is 0. The van der Waals surface area contributed by atoms with E-state index in [4.69, 9.17) is 4.42 Å². The third kappa shape index (κ3) is 3.49. The van der Waals surface area contributed by atoms with Crippen molar-refractivity contribution in [3.05, 3.63) is 78.8 Å². The Labute approximate surface area is 157 Å². The van der Waals surface area contributed by atoms with Gasteiger partial charge in [-0.2, -0.15) is 0 Å². The zero-order chi connectivity index (χ0) is 18.6. The van der Waals surface area contributed by atoms with Gasteiger partial charge in [0.1, 0.15) is 11.7 Å². The Balaban J connectivity index is 1.52. The van der Waals surface area contributed by atoms with Gasteiger partial charge in [-0.1, -0.05) is 48.5 Å². The van der Waals surface area contributed by atoms with Gasteiger partial charge >= 0.3 is 0 Å². The Kier molecular flexibility index (Phi) is 4.75. The van der Waals surface area contributed by atoms with Crippen LogP contribution >= 0.6 is 0 Å². The van der Waals surface area contributed by atoms with Crippen molar-refractivity contribution in [2.24, 2.45) is 5.92 Å². The number of benzene rings is 2. The maximum atomic E-state index is 12.9. The van der Waals surface area contributed by atoms with Crippen LogP contribution in [0.5, 0.6) is 0 Å². The number of anilines is 1. The Hall–Kier alpha value is -3.34. The standard InChI is InChI=1S/C22H20N2O3/c25-21(23-15-17-9-6-14-27-17)19-12-13-24(22(19)26)20-11-5-4-10-18(20)16-7-2-1-3-8-16/h1-11,14,19H,12-13,15H2,(H,23,25). The number of carbonyl (C=O) groups excluding carboxylic acids is 2. The molecule has 1 aliphatic rings. The van der Waals surface area contributed by atoms with E-state index >= 15 is 0 Å². The lowest BCUT2D eigenvalue weighted by atomic mass is 10.0. The van der Waals surface area contributed by atoms with E-state index in [0.29, 0.717) is 18.7 Å². The largest absolute Gasteiger partial charge is 0.467 e. The van der Waals surface area contributed by atoms with Gasteiger partial charge in [-0.3, -0.25) is 9.59 Å². The Morgan fingerprint density at radius 2 is 1.81 bits per heavy atom. The molecule has 5 heteroatoms. The van der Waals surface area contributed by atoms with Crippen LogP contribution in [-0.2, 0) is 16.1 Å². The molecule has 2 amide bonds. The lowest BCUT2D eigenvalue weighted by molar-refractivity contribution is -0.132. The number of hydrogen-bond donors (Lipinski definition) is 1. The van der Waals surface area contributed by atoms with Gasteiger partial charge in [-0.25, -0.2) is 0 Å². The van der Waals surface area contributed by atoms with Crippen LogP contribution in [0.1, 0.15) is 12.2 Å². The van der Waals surface area contributed by atoms with Gasteiger partial charge in [0, 0.05) is 12.1 Å². The summed E-state index contributed by atoms with van der Waals surface area (Å²) in [6.45, 7) is 0.817. The Morgan fingerprint density at radius 3 is 2.59 bits per heavy atom. The second-order valence-corrected chi connectivity index (χ2v) is 6.51. The Bertz CT molecular complexity index is 935. The Morgan fingerprint density at radius 1 is 1.04 bits per heavy atom. The highest BCUT2D eigenvalue weighted by Crippen LogP contribution is 2.34. The molecule has 1 saturated heterocycles. The molecule has 136 valence electrons. The van der Waals surface area contributed by atoms with Gasteiger partial charge in [-0.05, 0) is 30.2 Å². The summed E-state index contributed by atoms with van der Waals surface area (Å²) in [5.74, 6) is -0.407. The van der Waals surface area contributed by atoms with Crippen LogP contribution < -0.4 is 10.2 Å². The number of nitrogens with one attached hydrogen (secondary N) is 1. The predicted octanol–water partition coefficient (Wildman–Crippen LogP) is 3.62. The first-order valence-corrected chi connectivity index (χ1v) is 9.00. The minimum Gasteiger partial charge on any atom is -0.467 e. The van der Waals surface area contributed by atoms with Gasteiger partial charge in [-0.15, -0.1) is 0 Å². The highest BCUT2D eigenvalue weighted by Gasteiger charge is 2.38. The van der Waals surface area contributed by atoms with Crippen molar-refractivity contribution in [1.29, 1.82) is 0 Å². The molecule has 0 aliphatic carbocycles. The van der Waals surface area contributed by atoms with Gasteiger partial charge in [0.15, 0.2) is 0 Å². The smallest absolute Gasteiger partial charge is 0.239 e. The number of para-hydroxylation sites is 1. The maximum absolute atomic E-state index is 12.9. The van der Waals surface area contributed by atoms with E-state index in [1.54, 1.807) is 23.3 Å². The number of amides is 2. The van der Waals surface area contributed by atoms with Crippen LogP contribution in [0, 0.1) is 5.92 Å². The van der Waals surface area contributed by atoms with E-state index < -0.39 is 5.92 Å². The molecule has 1 N–H and O–H groups in total. The van der Waals surface area contributed by atoms with Crippen LogP contribution in [-0.4, -0.2) is 18.4 Å². The molecule has 1 aliphatic heterocycles. The van der Waals surface area contributed by atoms with Crippen LogP contribution in [0.2, 0.25) is 0 Å². The lowest BCUT2D eigenvalue weighted by Gasteiger charge is -2.20. The van der Waals surface area contributed by atoms with Gasteiger partial charge in [0.05, 0.1) is 18.5 Å². The third-order valence-corrected chi connectivity index (χ3v) is 4.82. The first kappa shape index (κ1) is 17.1. The molecular weight excluding hydrogens is 340 g/mol. The summed E-state index contributed by atoms with van der Waals surface area (Å²) in [5.41, 5.74) is 2.88. The summed E-state index contributed by atoms with van der Waals surface area (Å²) in [4.78, 5) is 27.1. The van der Waals surface area contributed by atoms with E-state index in [1.165, 1.54) is 0 Å². The van der Waals surface area contributed by atoms with Crippen molar-refractivity contribution in [1.82, 2.24) is 5.32 Å². The average Bonchev–Trinajstić information content (AvgIpc) is 3.36. The number of carbonyl (C=O) groups is 2. The minimum absolute atomic E-state index is 0.157. The number of furan rings is 1. The molecule has 0 bridgehead atoms. The fraction of sp³-hybridized carbons (Fsp3) is 0.182. The number of rotatable bonds is 5. The van der Waals surface area contributed by atoms with E-state index in [0.717, 1.165) is 16.8 Å². The molecule has 1 unspecified atom stereocenters. The number of hydrogen-bond acceptors (Lipinski definition) is 3. The van der Waals surface area contributed by atoms with E-state index in [9.17, 15) is 9.59 Å². The lowest BCUT2D eigenvalue weighted by Crippen LogP contribution is -2.36. The van der Waals surface area contributed by atoms with Crippen molar-refractivity contribution in [3.8, 4) is 11.1 Å². The fourth-order valence-corrected chi connectivity index (χ4v) is 3.44. The predicted molar refractivity (Wildman–Crippen MR) is 103 cm³/mol. The highest BCUT2D eigenvalue weighted by molar-refractivity contribution is 6.11. The minimum atomic E-state index is -0.663. The van der Waals surface area contributed by atoms with Crippen LogP contribution in [0.15, 0.2) is 77.4 Å². The molecule has 2 aromatic carbocycles. The summed E-state index contributed by atoms with van der Waals surface area (Å²) in [6.07, 6.45) is 2.07. The molecule has 1 fully saturated rings. The van der Waals surface area contributed by atoms with Crippen LogP contribution in [0.4, 0.5) is 5.69 Å². The zero-order valence-corrected chi connectivity index (χ0v) is 14.8. The van der Waals surface area contributed by atoms with Crippen molar-refractivity contribution >= 4 is 17.5 Å². The van der Waals surface area contributed by atoms with Crippen molar-refractivity contribution in [2.45, 2.75) is 13.0 Å². The van der Waals surface area contributed by atoms with Gasteiger partial charge in [0.25, 0.3) is 0 Å². The van der Waals surface area contributed by atoms with E-state index in [-0.39, 0.29) is 18.4 Å². The molecule has 4 rings (SSSR count). The van der Waals surface area contributed by atoms with Crippen LogP contribution in [0.25, 0.3) is 11.1 Å². The van der Waals surface area contributed by atoms with Crippen LogP contribution in [0.3, 0.4) is 0 Å². The SMILES string of the molecule is O=C(NCc1ccco1)C1CCN(c2ccccc2-c2ccccc2)C1=O. The summed E-state index contributed by atoms with van der Waals surface area (Å²) in [5, 5.41) is 2.80. The molecule has 5 nitrogen and oxygen atoms in total. The quantitative estimate of drug-likeness (QED) is 0.707. The maximum Gasteiger partial charge on any atom is 0.239 e. The molecule has 0 radical (unpaired) electrons. The van der Waals surface area contributed by atoms with E-state index in [2.05, 4.69) is 5.32 Å². The first-order valence-electron chi connectivity index (χ1n) is 9.00. The summed E-state index contributed by atoms with van der Waals surface area (Å²) < 4.78 is 5.22. The highest BCUT2D eigenvalue weighted by atomic mass is 16.3. The summed E-state index contributed by atoms with van der Waals surface area (Å²) in [6, 6.07) is 21.3. The third-order valence-electron chi connectivity index (χ3n) is 4.82. The van der Waals surface area contributed by atoms with E-state index in [1.807, 2.05) is 54.6 Å². The second-order valence-electron chi connectivity index (χ2n) is 6.51. The molecule has 1 atom stereocenters. The fourth-order valence-electron chi connectivity index (χ4n) is 3.44. The molecule has 1 aromatic heterocycles. The van der Waals surface area contributed by atoms with Crippen molar-refractivity contribution in [2.75, 3.05) is 11.4 Å². The normalized spacial score (nSPS) is 16.5. The summed E-state index contributed by atoms with van der Waals surface area (Å²) >= 11 is 0. The topological polar surface area (TPSA) is 62.6 Å². The first-order chi connectivity index (χ1) is 13.2. The number of nitrogens with zero attached hydrogens (tertiary/aromatic N) is 1. The molecule has 3 aromatic rings. The van der Waals surface area contributed by atoms with Gasteiger partial charge in [0.2, 0.25) is 11.8 Å². The zero-order valence-electron chi connectivity index (χ0n) is 14.8. The van der Waals surface area contributed by atoms with Crippen molar-refractivity contribution in [3.63, 3.8) is 0 Å². The molecule has 0 saturated carbocycles. The van der Waals surface area contributed by atoms with Crippen molar-refractivity contribution < 1.29 is 14.0 Å². The molecule has 27 heavy (non-hydrogen) atoms. The van der Waals surface area contributed by atoms with Gasteiger partial charge < -0.3 is 14.6 Å². The molecule has 0 spiro atoms. The monoisotopic (exact) mass is 360 g/mol. The second kappa shape index (κ2) is 7.50. The molecular formula is C22H20N2O3.